The molecule has 0 radical (unpaired) electrons. The maximum atomic E-state index is 12.4. The number of aryl methyl sites for hydroxylation is 1. The molecule has 0 unspecified atom stereocenters. The Hall–Kier alpha value is -2.14. The van der Waals surface area contributed by atoms with Gasteiger partial charge in [0, 0.05) is 40.3 Å². The van der Waals surface area contributed by atoms with E-state index in [2.05, 4.69) is 15.3 Å². The molecule has 0 atom stereocenters. The van der Waals surface area contributed by atoms with Crippen molar-refractivity contribution in [3.05, 3.63) is 57.3 Å². The number of aromatic amines is 1. The summed E-state index contributed by atoms with van der Waals surface area (Å²) in [5, 5.41) is 6.63. The molecule has 0 fully saturated rings. The summed E-state index contributed by atoms with van der Waals surface area (Å²) in [5.41, 5.74) is 2.61. The number of hydrogen-bond donors (Lipinski definition) is 2. The smallest absolute Gasteiger partial charge is 0.194 e. The van der Waals surface area contributed by atoms with E-state index in [0.717, 1.165) is 27.3 Å². The predicted octanol–water partition coefficient (Wildman–Crippen LogP) is 2.91. The van der Waals surface area contributed by atoms with Crippen molar-refractivity contribution in [3.63, 3.8) is 0 Å². The van der Waals surface area contributed by atoms with E-state index in [4.69, 9.17) is 0 Å². The summed E-state index contributed by atoms with van der Waals surface area (Å²) in [5.74, 6) is 0. The van der Waals surface area contributed by atoms with E-state index in [0.29, 0.717) is 6.54 Å². The van der Waals surface area contributed by atoms with Crippen LogP contribution >= 0.6 is 11.3 Å². The van der Waals surface area contributed by atoms with Gasteiger partial charge in [0.05, 0.1) is 0 Å². The second-order valence-electron chi connectivity index (χ2n) is 4.29. The van der Waals surface area contributed by atoms with Crippen LogP contribution in [0.1, 0.15) is 11.3 Å². The van der Waals surface area contributed by atoms with Crippen LogP contribution in [0.2, 0.25) is 0 Å². The Labute approximate surface area is 114 Å². The van der Waals surface area contributed by atoms with Crippen LogP contribution in [0, 0.1) is 6.92 Å². The summed E-state index contributed by atoms with van der Waals surface area (Å²) in [4.78, 5) is 19.9. The highest BCUT2D eigenvalue weighted by atomic mass is 32.1. The van der Waals surface area contributed by atoms with Crippen molar-refractivity contribution < 1.29 is 0 Å². The van der Waals surface area contributed by atoms with Crippen LogP contribution in [0.15, 0.2) is 40.6 Å². The first-order chi connectivity index (χ1) is 9.25. The molecular weight excluding hydrogens is 258 g/mol. The van der Waals surface area contributed by atoms with Crippen molar-refractivity contribution >= 4 is 27.4 Å². The average molecular weight is 271 g/mol. The Balaban J connectivity index is 2.01. The molecule has 0 aliphatic rings. The van der Waals surface area contributed by atoms with Gasteiger partial charge in [-0.1, -0.05) is 12.1 Å². The zero-order valence-corrected chi connectivity index (χ0v) is 11.3. The van der Waals surface area contributed by atoms with E-state index in [1.165, 1.54) is 11.3 Å². The highest BCUT2D eigenvalue weighted by Gasteiger charge is 2.09. The van der Waals surface area contributed by atoms with Gasteiger partial charge in [0.2, 0.25) is 0 Å². The second-order valence-corrected chi connectivity index (χ2v) is 5.19. The van der Waals surface area contributed by atoms with Crippen LogP contribution in [0.3, 0.4) is 0 Å². The summed E-state index contributed by atoms with van der Waals surface area (Å²) < 4.78 is 0. The van der Waals surface area contributed by atoms with Gasteiger partial charge < -0.3 is 10.3 Å². The number of rotatable bonds is 3. The Bertz CT molecular complexity index is 762. The number of fused-ring (bicyclic) bond motifs is 1. The predicted molar refractivity (Wildman–Crippen MR) is 78.7 cm³/mol. The van der Waals surface area contributed by atoms with Gasteiger partial charge >= 0.3 is 0 Å². The molecule has 0 amide bonds. The Morgan fingerprint density at radius 3 is 3.00 bits per heavy atom. The number of thiazole rings is 1. The number of anilines is 1. The van der Waals surface area contributed by atoms with Crippen molar-refractivity contribution in [1.82, 2.24) is 9.97 Å². The number of hydrogen-bond acceptors (Lipinski definition) is 4. The molecule has 2 aromatic heterocycles. The third-order valence-electron chi connectivity index (χ3n) is 3.07. The number of nitrogens with zero attached hydrogens (tertiary/aromatic N) is 1. The minimum absolute atomic E-state index is 0.0795. The molecule has 2 heterocycles. The first-order valence-corrected chi connectivity index (χ1v) is 6.87. The molecule has 96 valence electrons. The number of nitrogens with one attached hydrogen (secondary N) is 2. The van der Waals surface area contributed by atoms with Crippen LogP contribution in [-0.4, -0.2) is 9.97 Å². The SMILES string of the molecule is Cc1[nH]c2ccccc2c(=O)c1CNc1nccs1. The number of para-hydroxylation sites is 1. The maximum absolute atomic E-state index is 12.4. The molecule has 3 aromatic rings. The quantitative estimate of drug-likeness (QED) is 0.770. The largest absolute Gasteiger partial charge is 0.358 e. The fourth-order valence-corrected chi connectivity index (χ4v) is 2.62. The van der Waals surface area contributed by atoms with Crippen molar-refractivity contribution in [2.24, 2.45) is 0 Å². The van der Waals surface area contributed by atoms with Gasteiger partial charge in [0.15, 0.2) is 10.6 Å². The van der Waals surface area contributed by atoms with E-state index in [9.17, 15) is 4.79 Å². The fourth-order valence-electron chi connectivity index (χ4n) is 2.09. The van der Waals surface area contributed by atoms with Crippen LogP contribution in [-0.2, 0) is 6.54 Å². The monoisotopic (exact) mass is 271 g/mol. The van der Waals surface area contributed by atoms with Gasteiger partial charge in [-0.25, -0.2) is 4.98 Å². The Kier molecular flexibility index (Phi) is 3.05. The zero-order valence-electron chi connectivity index (χ0n) is 10.4. The first-order valence-electron chi connectivity index (χ1n) is 5.99. The zero-order chi connectivity index (χ0) is 13.2. The topological polar surface area (TPSA) is 57.8 Å². The van der Waals surface area contributed by atoms with Crippen LogP contribution in [0.5, 0.6) is 0 Å². The lowest BCUT2D eigenvalue weighted by molar-refractivity contribution is 1.05. The van der Waals surface area contributed by atoms with E-state index < -0.39 is 0 Å². The fraction of sp³-hybridized carbons (Fsp3) is 0.143. The van der Waals surface area contributed by atoms with Gasteiger partial charge in [0.25, 0.3) is 0 Å². The standard InChI is InChI=1S/C14H13N3OS/c1-9-11(8-16-14-15-6-7-19-14)13(18)10-4-2-3-5-12(10)17-9/h2-7H,8H2,1H3,(H,15,16)(H,17,18). The van der Waals surface area contributed by atoms with E-state index in [1.807, 2.05) is 36.6 Å². The van der Waals surface area contributed by atoms with Crippen LogP contribution in [0.25, 0.3) is 10.9 Å². The molecular formula is C14H13N3OS. The molecule has 4 nitrogen and oxygen atoms in total. The van der Waals surface area contributed by atoms with Gasteiger partial charge in [-0.2, -0.15) is 0 Å². The third-order valence-corrected chi connectivity index (χ3v) is 3.80. The summed E-state index contributed by atoms with van der Waals surface area (Å²) in [7, 11) is 0. The van der Waals surface area contributed by atoms with Gasteiger partial charge in [0.1, 0.15) is 0 Å². The lowest BCUT2D eigenvalue weighted by Crippen LogP contribution is -2.16. The average Bonchev–Trinajstić information content (AvgIpc) is 2.92. The number of benzene rings is 1. The molecule has 19 heavy (non-hydrogen) atoms. The molecule has 0 saturated carbocycles. The molecule has 2 N–H and O–H groups in total. The van der Waals surface area contributed by atoms with Crippen molar-refractivity contribution in [3.8, 4) is 0 Å². The van der Waals surface area contributed by atoms with E-state index in [-0.39, 0.29) is 5.43 Å². The lowest BCUT2D eigenvalue weighted by atomic mass is 10.1. The van der Waals surface area contributed by atoms with E-state index in [1.54, 1.807) is 6.20 Å². The maximum Gasteiger partial charge on any atom is 0.194 e. The third kappa shape index (κ3) is 2.24. The van der Waals surface area contributed by atoms with Gasteiger partial charge in [-0.3, -0.25) is 4.79 Å². The number of H-pyrrole nitrogens is 1. The Morgan fingerprint density at radius 1 is 1.37 bits per heavy atom. The van der Waals surface area contributed by atoms with Crippen LogP contribution < -0.4 is 10.7 Å². The normalized spacial score (nSPS) is 10.8. The number of aromatic nitrogens is 2. The molecule has 0 saturated heterocycles. The summed E-state index contributed by atoms with van der Waals surface area (Å²) in [6.45, 7) is 2.41. The molecule has 5 heteroatoms. The van der Waals surface area contributed by atoms with E-state index >= 15 is 0 Å². The second kappa shape index (κ2) is 4.85. The minimum atomic E-state index is 0.0795. The molecule has 3 rings (SSSR count). The summed E-state index contributed by atoms with van der Waals surface area (Å²) in [6, 6.07) is 7.57. The van der Waals surface area contributed by atoms with Crippen LogP contribution in [0.4, 0.5) is 5.13 Å². The highest BCUT2D eigenvalue weighted by Crippen LogP contribution is 2.14. The minimum Gasteiger partial charge on any atom is -0.358 e. The summed E-state index contributed by atoms with van der Waals surface area (Å²) >= 11 is 1.52. The van der Waals surface area contributed by atoms with Crippen molar-refractivity contribution in [1.29, 1.82) is 0 Å². The lowest BCUT2D eigenvalue weighted by Gasteiger charge is -2.08. The van der Waals surface area contributed by atoms with Gasteiger partial charge in [-0.05, 0) is 19.1 Å². The van der Waals surface area contributed by atoms with Crippen molar-refractivity contribution in [2.75, 3.05) is 5.32 Å². The molecule has 0 aliphatic carbocycles. The summed E-state index contributed by atoms with van der Waals surface area (Å²) in [6.07, 6.45) is 1.74. The highest BCUT2D eigenvalue weighted by molar-refractivity contribution is 7.13. The number of pyridine rings is 1. The van der Waals surface area contributed by atoms with Gasteiger partial charge in [-0.15, -0.1) is 11.3 Å². The molecule has 0 bridgehead atoms. The molecule has 0 spiro atoms. The first kappa shape index (κ1) is 11.9. The molecule has 0 aliphatic heterocycles. The van der Waals surface area contributed by atoms with Crippen molar-refractivity contribution in [2.45, 2.75) is 13.5 Å². The molecule has 1 aromatic carbocycles. The Morgan fingerprint density at radius 2 is 2.21 bits per heavy atom.